The highest BCUT2D eigenvalue weighted by atomic mass is 35.5. The van der Waals surface area contributed by atoms with E-state index < -0.39 is 5.97 Å². The Morgan fingerprint density at radius 3 is 2.75 bits per heavy atom. The number of carboxylic acids is 1. The third-order valence-corrected chi connectivity index (χ3v) is 3.06. The Labute approximate surface area is 108 Å². The van der Waals surface area contributed by atoms with Gasteiger partial charge in [-0.3, -0.25) is 0 Å². The Kier molecular flexibility index (Phi) is 5.25. The van der Waals surface area contributed by atoms with Gasteiger partial charge >= 0.3 is 5.97 Å². The van der Waals surface area contributed by atoms with Crippen molar-refractivity contribution in [2.45, 2.75) is 0 Å². The average Bonchev–Trinajstić information content (AvgIpc) is 2.22. The molecule has 0 aliphatic carbocycles. The summed E-state index contributed by atoms with van der Waals surface area (Å²) in [6, 6.07) is 2.82. The Hall–Kier alpha value is -0.580. The summed E-state index contributed by atoms with van der Waals surface area (Å²) in [6.07, 6.45) is 1.94. The number of thioether (sulfide) groups is 1. The minimum atomic E-state index is -1.10. The van der Waals surface area contributed by atoms with Crippen LogP contribution < -0.4 is 4.74 Å². The molecule has 1 rings (SSSR count). The summed E-state index contributed by atoms with van der Waals surface area (Å²) in [4.78, 5) is 10.8. The molecule has 0 aliphatic heterocycles. The lowest BCUT2D eigenvalue weighted by Crippen LogP contribution is -2.04. The van der Waals surface area contributed by atoms with Crippen molar-refractivity contribution in [1.29, 1.82) is 0 Å². The van der Waals surface area contributed by atoms with Gasteiger partial charge in [0.1, 0.15) is 0 Å². The number of ether oxygens (including phenoxy) is 1. The van der Waals surface area contributed by atoms with Gasteiger partial charge < -0.3 is 9.84 Å². The SMILES string of the molecule is CSCCOc1c(Cl)ccc(C(=O)O)c1Cl. The fourth-order valence-electron chi connectivity index (χ4n) is 1.06. The Morgan fingerprint density at radius 2 is 2.19 bits per heavy atom. The van der Waals surface area contributed by atoms with Gasteiger partial charge in [-0.1, -0.05) is 23.2 Å². The second-order valence-corrected chi connectivity index (χ2v) is 4.66. The number of benzene rings is 1. The summed E-state index contributed by atoms with van der Waals surface area (Å²) in [5.41, 5.74) is -0.00906. The van der Waals surface area contributed by atoms with Gasteiger partial charge in [0.05, 0.1) is 22.2 Å². The van der Waals surface area contributed by atoms with Gasteiger partial charge in [0.25, 0.3) is 0 Å². The lowest BCUT2D eigenvalue weighted by Gasteiger charge is -2.10. The van der Waals surface area contributed by atoms with Gasteiger partial charge in [-0.25, -0.2) is 4.79 Å². The summed E-state index contributed by atoms with van der Waals surface area (Å²) in [6.45, 7) is 0.434. The van der Waals surface area contributed by atoms with E-state index in [0.717, 1.165) is 5.75 Å². The summed E-state index contributed by atoms with van der Waals surface area (Å²) < 4.78 is 5.35. The van der Waals surface area contributed by atoms with Crippen molar-refractivity contribution in [3.63, 3.8) is 0 Å². The van der Waals surface area contributed by atoms with Crippen molar-refractivity contribution < 1.29 is 14.6 Å². The molecule has 1 N–H and O–H groups in total. The number of rotatable bonds is 5. The number of hydrogen-bond donors (Lipinski definition) is 1. The zero-order valence-corrected chi connectivity index (χ0v) is 10.8. The van der Waals surface area contributed by atoms with Crippen molar-refractivity contribution in [1.82, 2.24) is 0 Å². The Balaban J connectivity index is 2.97. The maximum absolute atomic E-state index is 10.8. The van der Waals surface area contributed by atoms with E-state index in [4.69, 9.17) is 33.0 Å². The normalized spacial score (nSPS) is 10.2. The maximum atomic E-state index is 10.8. The monoisotopic (exact) mass is 280 g/mol. The maximum Gasteiger partial charge on any atom is 0.337 e. The van der Waals surface area contributed by atoms with E-state index in [-0.39, 0.29) is 16.3 Å². The first-order chi connectivity index (χ1) is 7.57. The minimum Gasteiger partial charge on any atom is -0.490 e. The molecule has 0 saturated heterocycles. The first kappa shape index (κ1) is 13.5. The van der Waals surface area contributed by atoms with Crippen LogP contribution in [0.25, 0.3) is 0 Å². The van der Waals surface area contributed by atoms with E-state index in [2.05, 4.69) is 0 Å². The van der Waals surface area contributed by atoms with Crippen molar-refractivity contribution >= 4 is 40.9 Å². The Morgan fingerprint density at radius 1 is 1.50 bits per heavy atom. The van der Waals surface area contributed by atoms with Crippen LogP contribution in [0.1, 0.15) is 10.4 Å². The molecule has 1 aromatic rings. The zero-order valence-electron chi connectivity index (χ0n) is 8.50. The molecule has 0 spiro atoms. The van der Waals surface area contributed by atoms with Crippen LogP contribution in [-0.2, 0) is 0 Å². The third-order valence-electron chi connectivity index (χ3n) is 1.81. The molecule has 0 amide bonds. The van der Waals surface area contributed by atoms with Crippen molar-refractivity contribution in [2.75, 3.05) is 18.6 Å². The van der Waals surface area contributed by atoms with Gasteiger partial charge in [0, 0.05) is 5.75 Å². The number of carbonyl (C=O) groups is 1. The number of carboxylic acid groups (broad SMARTS) is 1. The zero-order chi connectivity index (χ0) is 12.1. The molecular weight excluding hydrogens is 271 g/mol. The molecule has 16 heavy (non-hydrogen) atoms. The highest BCUT2D eigenvalue weighted by molar-refractivity contribution is 7.98. The molecule has 0 atom stereocenters. The molecule has 0 fully saturated rings. The highest BCUT2D eigenvalue weighted by Crippen LogP contribution is 2.35. The molecule has 6 heteroatoms. The molecule has 0 unspecified atom stereocenters. The first-order valence-corrected chi connectivity index (χ1v) is 6.56. The first-order valence-electron chi connectivity index (χ1n) is 4.41. The number of hydrogen-bond acceptors (Lipinski definition) is 3. The number of aromatic carboxylic acids is 1. The van der Waals surface area contributed by atoms with E-state index in [0.29, 0.717) is 11.6 Å². The van der Waals surface area contributed by atoms with Crippen molar-refractivity contribution in [3.8, 4) is 5.75 Å². The van der Waals surface area contributed by atoms with E-state index in [1.54, 1.807) is 11.8 Å². The summed E-state index contributed by atoms with van der Waals surface area (Å²) in [5, 5.41) is 9.22. The van der Waals surface area contributed by atoms with Crippen LogP contribution in [0.3, 0.4) is 0 Å². The van der Waals surface area contributed by atoms with Crippen LogP contribution in [-0.4, -0.2) is 29.7 Å². The third kappa shape index (κ3) is 3.20. The highest BCUT2D eigenvalue weighted by Gasteiger charge is 2.16. The van der Waals surface area contributed by atoms with E-state index >= 15 is 0 Å². The standard InChI is InChI=1S/C10H10Cl2O3S/c1-16-5-4-15-9-7(11)3-2-6(8(9)12)10(13)14/h2-3H,4-5H2,1H3,(H,13,14). The lowest BCUT2D eigenvalue weighted by atomic mass is 10.2. The van der Waals surface area contributed by atoms with Gasteiger partial charge in [0.2, 0.25) is 0 Å². The van der Waals surface area contributed by atoms with Crippen LogP contribution in [0, 0.1) is 0 Å². The van der Waals surface area contributed by atoms with Gasteiger partial charge in [-0.05, 0) is 18.4 Å². The van der Waals surface area contributed by atoms with E-state index in [9.17, 15) is 4.79 Å². The van der Waals surface area contributed by atoms with Gasteiger partial charge in [-0.15, -0.1) is 0 Å². The smallest absolute Gasteiger partial charge is 0.337 e. The average molecular weight is 281 g/mol. The van der Waals surface area contributed by atoms with Crippen molar-refractivity contribution in [3.05, 3.63) is 27.7 Å². The fraction of sp³-hybridized carbons (Fsp3) is 0.300. The van der Waals surface area contributed by atoms with Crippen LogP contribution >= 0.6 is 35.0 Å². The van der Waals surface area contributed by atoms with Crippen LogP contribution in [0.15, 0.2) is 12.1 Å². The van der Waals surface area contributed by atoms with Crippen LogP contribution in [0.2, 0.25) is 10.0 Å². The Bertz CT molecular complexity index is 396. The fourth-order valence-corrected chi connectivity index (χ4v) is 1.87. The summed E-state index contributed by atoms with van der Waals surface area (Å²) in [7, 11) is 0. The van der Waals surface area contributed by atoms with Gasteiger partial charge in [0.15, 0.2) is 5.75 Å². The summed E-state index contributed by atoms with van der Waals surface area (Å²) >= 11 is 13.4. The topological polar surface area (TPSA) is 46.5 Å². The molecule has 0 bridgehead atoms. The molecular formula is C10H10Cl2O3S. The number of halogens is 2. The summed E-state index contributed by atoms with van der Waals surface area (Å²) in [5.74, 6) is -0.0853. The minimum absolute atomic E-state index is 0.00906. The van der Waals surface area contributed by atoms with Gasteiger partial charge in [-0.2, -0.15) is 11.8 Å². The molecule has 0 aliphatic rings. The molecule has 0 radical (unpaired) electrons. The van der Waals surface area contributed by atoms with E-state index in [1.807, 2.05) is 6.26 Å². The second-order valence-electron chi connectivity index (χ2n) is 2.88. The van der Waals surface area contributed by atoms with E-state index in [1.165, 1.54) is 12.1 Å². The molecule has 0 heterocycles. The van der Waals surface area contributed by atoms with Crippen molar-refractivity contribution in [2.24, 2.45) is 0 Å². The molecule has 1 aromatic carbocycles. The quantitative estimate of drug-likeness (QED) is 0.840. The van der Waals surface area contributed by atoms with Crippen LogP contribution in [0.4, 0.5) is 0 Å². The molecule has 0 saturated carbocycles. The largest absolute Gasteiger partial charge is 0.490 e. The molecule has 0 aromatic heterocycles. The predicted molar refractivity (Wildman–Crippen MR) is 67.3 cm³/mol. The second kappa shape index (κ2) is 6.23. The predicted octanol–water partition coefficient (Wildman–Crippen LogP) is 3.43. The lowest BCUT2D eigenvalue weighted by molar-refractivity contribution is 0.0696. The molecule has 88 valence electrons. The van der Waals surface area contributed by atoms with Crippen LogP contribution in [0.5, 0.6) is 5.75 Å². The molecule has 3 nitrogen and oxygen atoms in total.